The highest BCUT2D eigenvalue weighted by Gasteiger charge is 2.24. The molecule has 7 heteroatoms. The molecule has 0 atom stereocenters. The summed E-state index contributed by atoms with van der Waals surface area (Å²) in [4.78, 5) is 26.2. The van der Waals surface area contributed by atoms with Crippen LogP contribution >= 0.6 is 0 Å². The number of nitrogens with two attached hydrogens (primary N) is 1. The van der Waals surface area contributed by atoms with Gasteiger partial charge in [-0.1, -0.05) is 12.1 Å². The number of nitrogens with zero attached hydrogens (tertiary/aromatic N) is 2. The van der Waals surface area contributed by atoms with Gasteiger partial charge in [-0.2, -0.15) is 4.98 Å². The molecule has 0 bridgehead atoms. The molecule has 0 unspecified atom stereocenters. The largest absolute Gasteiger partial charge is 0.354 e. The van der Waals surface area contributed by atoms with Crippen molar-refractivity contribution < 1.29 is 4.79 Å². The smallest absolute Gasteiger partial charge is 0.328 e. The standard InChI is InChI=1S/C17H21N5O2/c18-14-7-13(8-14)10-19-9-12-1-3-15(4-2-12)22-6-5-16(20-11-23)21-17(22)24/h1-6,11,13-14,19H,7-10,18H2,(H,20,21,23,24)/t13-,14+. The Labute approximate surface area is 139 Å². The van der Waals surface area contributed by atoms with Gasteiger partial charge >= 0.3 is 5.69 Å². The fraction of sp³-hybridized carbons (Fsp3) is 0.353. The van der Waals surface area contributed by atoms with Crippen LogP contribution in [0.25, 0.3) is 5.69 Å². The van der Waals surface area contributed by atoms with Gasteiger partial charge in [0.15, 0.2) is 0 Å². The number of carbonyl (C=O) groups excluding carboxylic acids is 1. The minimum absolute atomic E-state index is 0.239. The fourth-order valence-electron chi connectivity index (χ4n) is 2.89. The molecule has 1 aromatic heterocycles. The summed E-state index contributed by atoms with van der Waals surface area (Å²) in [7, 11) is 0. The third-order valence-corrected chi connectivity index (χ3v) is 4.26. The minimum atomic E-state index is -0.436. The van der Waals surface area contributed by atoms with Crippen molar-refractivity contribution >= 4 is 12.2 Å². The molecule has 126 valence electrons. The van der Waals surface area contributed by atoms with E-state index in [1.54, 1.807) is 12.3 Å². The van der Waals surface area contributed by atoms with Crippen molar-refractivity contribution in [2.75, 3.05) is 11.9 Å². The summed E-state index contributed by atoms with van der Waals surface area (Å²) >= 11 is 0. The van der Waals surface area contributed by atoms with Crippen molar-refractivity contribution in [2.24, 2.45) is 11.7 Å². The lowest BCUT2D eigenvalue weighted by Crippen LogP contribution is -2.41. The zero-order valence-electron chi connectivity index (χ0n) is 13.3. The van der Waals surface area contributed by atoms with Gasteiger partial charge in [0.2, 0.25) is 6.41 Å². The summed E-state index contributed by atoms with van der Waals surface area (Å²) in [5.41, 5.74) is 7.23. The van der Waals surface area contributed by atoms with E-state index >= 15 is 0 Å². The first-order chi connectivity index (χ1) is 11.7. The molecule has 0 saturated heterocycles. The Hall–Kier alpha value is -2.51. The van der Waals surface area contributed by atoms with Gasteiger partial charge in [0.25, 0.3) is 0 Å². The monoisotopic (exact) mass is 327 g/mol. The molecule has 1 aromatic carbocycles. The Kier molecular flexibility index (Phi) is 5.02. The van der Waals surface area contributed by atoms with E-state index in [0.29, 0.717) is 18.4 Å². The van der Waals surface area contributed by atoms with E-state index in [1.165, 1.54) is 4.57 Å². The van der Waals surface area contributed by atoms with Crippen molar-refractivity contribution in [2.45, 2.75) is 25.4 Å². The van der Waals surface area contributed by atoms with Gasteiger partial charge in [0.05, 0.1) is 5.69 Å². The van der Waals surface area contributed by atoms with Gasteiger partial charge in [-0.15, -0.1) is 0 Å². The first-order valence-electron chi connectivity index (χ1n) is 8.01. The number of aromatic nitrogens is 2. The van der Waals surface area contributed by atoms with E-state index in [9.17, 15) is 9.59 Å². The molecule has 1 amide bonds. The Morgan fingerprint density at radius 2 is 2.00 bits per heavy atom. The lowest BCUT2D eigenvalue weighted by atomic mass is 9.81. The van der Waals surface area contributed by atoms with Crippen LogP contribution in [0.3, 0.4) is 0 Å². The van der Waals surface area contributed by atoms with E-state index in [0.717, 1.165) is 37.2 Å². The Balaban J connectivity index is 1.59. The number of amides is 1. The molecule has 0 radical (unpaired) electrons. The van der Waals surface area contributed by atoms with Crippen LogP contribution in [0.5, 0.6) is 0 Å². The summed E-state index contributed by atoms with van der Waals surface area (Å²) < 4.78 is 1.43. The van der Waals surface area contributed by atoms with E-state index < -0.39 is 5.69 Å². The van der Waals surface area contributed by atoms with Gasteiger partial charge < -0.3 is 16.4 Å². The normalized spacial score (nSPS) is 19.5. The number of nitrogens with one attached hydrogen (secondary N) is 2. The maximum Gasteiger partial charge on any atom is 0.354 e. The molecule has 0 aliphatic heterocycles. The van der Waals surface area contributed by atoms with E-state index in [2.05, 4.69) is 15.6 Å². The van der Waals surface area contributed by atoms with Crippen LogP contribution in [-0.4, -0.2) is 28.5 Å². The predicted octanol–water partition coefficient (Wildman–Crippen LogP) is 0.628. The summed E-state index contributed by atoms with van der Waals surface area (Å²) in [6.45, 7) is 1.78. The molecule has 1 saturated carbocycles. The maximum absolute atomic E-state index is 12.0. The molecule has 24 heavy (non-hydrogen) atoms. The lowest BCUT2D eigenvalue weighted by molar-refractivity contribution is -0.105. The molecule has 1 fully saturated rings. The SMILES string of the molecule is N[C@H]1C[C@@H](CNCc2ccc(-n3ccc(NC=O)nc3=O)cc2)C1. The Bertz CT molecular complexity index is 750. The Morgan fingerprint density at radius 3 is 2.62 bits per heavy atom. The minimum Gasteiger partial charge on any atom is -0.328 e. The van der Waals surface area contributed by atoms with Crippen LogP contribution < -0.4 is 22.1 Å². The summed E-state index contributed by atoms with van der Waals surface area (Å²) in [6, 6.07) is 9.70. The molecule has 1 aliphatic rings. The number of hydrogen-bond donors (Lipinski definition) is 3. The zero-order chi connectivity index (χ0) is 16.9. The van der Waals surface area contributed by atoms with Crippen molar-refractivity contribution in [3.63, 3.8) is 0 Å². The number of benzene rings is 1. The Morgan fingerprint density at radius 1 is 1.25 bits per heavy atom. The third-order valence-electron chi connectivity index (χ3n) is 4.26. The average Bonchev–Trinajstić information content (AvgIpc) is 2.54. The molecule has 3 rings (SSSR count). The molecule has 1 aliphatic carbocycles. The lowest BCUT2D eigenvalue weighted by Gasteiger charge is -2.32. The number of hydrogen-bond acceptors (Lipinski definition) is 5. The van der Waals surface area contributed by atoms with Gasteiger partial charge in [-0.3, -0.25) is 9.36 Å². The van der Waals surface area contributed by atoms with Crippen molar-refractivity contribution in [3.05, 3.63) is 52.6 Å². The number of rotatable bonds is 7. The summed E-state index contributed by atoms with van der Waals surface area (Å²) in [5, 5.41) is 5.80. The molecular formula is C17H21N5O2. The first-order valence-corrected chi connectivity index (χ1v) is 8.01. The van der Waals surface area contributed by atoms with Crippen molar-refractivity contribution in [1.29, 1.82) is 0 Å². The highest BCUT2D eigenvalue weighted by molar-refractivity contribution is 5.68. The third kappa shape index (κ3) is 3.87. The van der Waals surface area contributed by atoms with Gasteiger partial charge in [0, 0.05) is 18.8 Å². The van der Waals surface area contributed by atoms with Gasteiger partial charge in [0.1, 0.15) is 5.82 Å². The van der Waals surface area contributed by atoms with Crippen molar-refractivity contribution in [3.8, 4) is 5.69 Å². The average molecular weight is 327 g/mol. The summed E-state index contributed by atoms with van der Waals surface area (Å²) in [5.74, 6) is 0.935. The van der Waals surface area contributed by atoms with E-state index in [4.69, 9.17) is 5.73 Å². The van der Waals surface area contributed by atoms with Crippen LogP contribution in [0, 0.1) is 5.92 Å². The van der Waals surface area contributed by atoms with Crippen LogP contribution in [0.1, 0.15) is 18.4 Å². The predicted molar refractivity (Wildman–Crippen MR) is 91.9 cm³/mol. The second-order valence-corrected chi connectivity index (χ2v) is 6.12. The first kappa shape index (κ1) is 16.4. The van der Waals surface area contributed by atoms with Crippen LogP contribution in [0.4, 0.5) is 5.82 Å². The topological polar surface area (TPSA) is 102 Å². The molecule has 2 aromatic rings. The quantitative estimate of drug-likeness (QED) is 0.647. The highest BCUT2D eigenvalue weighted by atomic mass is 16.1. The fourth-order valence-corrected chi connectivity index (χ4v) is 2.89. The van der Waals surface area contributed by atoms with Crippen LogP contribution in [0.2, 0.25) is 0 Å². The van der Waals surface area contributed by atoms with Crippen LogP contribution in [0.15, 0.2) is 41.3 Å². The molecule has 4 N–H and O–H groups in total. The molecule has 1 heterocycles. The molecule has 7 nitrogen and oxygen atoms in total. The second-order valence-electron chi connectivity index (χ2n) is 6.12. The molecular weight excluding hydrogens is 306 g/mol. The number of anilines is 1. The second kappa shape index (κ2) is 7.37. The van der Waals surface area contributed by atoms with Gasteiger partial charge in [-0.25, -0.2) is 4.79 Å². The highest BCUT2D eigenvalue weighted by Crippen LogP contribution is 2.24. The van der Waals surface area contributed by atoms with Crippen LogP contribution in [-0.2, 0) is 11.3 Å². The van der Waals surface area contributed by atoms with Crippen molar-refractivity contribution in [1.82, 2.24) is 14.9 Å². The number of carbonyl (C=O) groups is 1. The zero-order valence-corrected chi connectivity index (χ0v) is 13.3. The maximum atomic E-state index is 12.0. The summed E-state index contributed by atoms with van der Waals surface area (Å²) in [6.07, 6.45) is 4.30. The van der Waals surface area contributed by atoms with E-state index in [-0.39, 0.29) is 5.82 Å². The van der Waals surface area contributed by atoms with E-state index in [1.807, 2.05) is 24.3 Å². The molecule has 0 spiro atoms. The van der Waals surface area contributed by atoms with Gasteiger partial charge in [-0.05, 0) is 49.1 Å².